The average Bonchev–Trinajstić information content (AvgIpc) is 3.21. The molecule has 0 spiro atoms. The Morgan fingerprint density at radius 1 is 1.19 bits per heavy atom. The molecular formula is C25H35N3O3S. The van der Waals surface area contributed by atoms with E-state index in [2.05, 4.69) is 10.6 Å². The van der Waals surface area contributed by atoms with E-state index in [1.165, 1.54) is 6.42 Å². The predicted octanol–water partition coefficient (Wildman–Crippen LogP) is 4.01. The molecule has 1 aromatic carbocycles. The fourth-order valence-corrected chi connectivity index (χ4v) is 6.87. The molecule has 2 N–H and O–H groups in total. The van der Waals surface area contributed by atoms with Gasteiger partial charge in [0.05, 0.1) is 0 Å². The predicted molar refractivity (Wildman–Crippen MR) is 127 cm³/mol. The van der Waals surface area contributed by atoms with Crippen LogP contribution in [0.15, 0.2) is 24.3 Å². The molecule has 4 atom stereocenters. The maximum Gasteiger partial charge on any atom is 0.256 e. The lowest BCUT2D eigenvalue weighted by atomic mass is 9.93. The van der Waals surface area contributed by atoms with Crippen molar-refractivity contribution >= 4 is 29.5 Å². The Morgan fingerprint density at radius 2 is 1.88 bits per heavy atom. The van der Waals surface area contributed by atoms with Crippen molar-refractivity contribution in [2.45, 2.75) is 94.5 Å². The zero-order valence-electron chi connectivity index (χ0n) is 19.5. The minimum Gasteiger partial charge on any atom is -0.352 e. The summed E-state index contributed by atoms with van der Waals surface area (Å²) >= 11 is 1.64. The molecule has 6 nitrogen and oxygen atoms in total. The standard InChI is InChI=1S/C25H35N3O3S/c1-5-15(2)19(21(29)26-16-11-7-6-8-12-16)27-22(30)20-25(3,4)32-24-18-14-10-9-13-17(18)23(31)28(20)24/h9-10,13-16,19-20,24H,5-8,11-12H2,1-4H3,(H,26,29)(H,27,30)/t15-,19+,20+,24+/m1/s1. The highest BCUT2D eigenvalue weighted by Crippen LogP contribution is 2.56. The van der Waals surface area contributed by atoms with Crippen LogP contribution >= 0.6 is 11.8 Å². The number of fused-ring (bicyclic) bond motifs is 3. The van der Waals surface area contributed by atoms with E-state index in [-0.39, 0.29) is 35.1 Å². The van der Waals surface area contributed by atoms with Gasteiger partial charge >= 0.3 is 0 Å². The first-order valence-corrected chi connectivity index (χ1v) is 12.8. The molecule has 1 aliphatic carbocycles. The smallest absolute Gasteiger partial charge is 0.256 e. The lowest BCUT2D eigenvalue weighted by molar-refractivity contribution is -0.133. The summed E-state index contributed by atoms with van der Waals surface area (Å²) in [6, 6.07) is 6.56. The second-order valence-electron chi connectivity index (χ2n) is 9.99. The maximum absolute atomic E-state index is 13.6. The molecule has 0 radical (unpaired) electrons. The van der Waals surface area contributed by atoms with Gasteiger partial charge in [-0.25, -0.2) is 0 Å². The van der Waals surface area contributed by atoms with Gasteiger partial charge in [0.15, 0.2) is 0 Å². The van der Waals surface area contributed by atoms with Gasteiger partial charge in [0.2, 0.25) is 11.8 Å². The molecule has 0 unspecified atom stereocenters. The number of amides is 3. The Morgan fingerprint density at radius 3 is 2.56 bits per heavy atom. The van der Waals surface area contributed by atoms with Gasteiger partial charge < -0.3 is 15.5 Å². The van der Waals surface area contributed by atoms with E-state index >= 15 is 0 Å². The van der Waals surface area contributed by atoms with Crippen LogP contribution < -0.4 is 10.6 Å². The maximum atomic E-state index is 13.6. The fraction of sp³-hybridized carbons (Fsp3) is 0.640. The number of rotatable bonds is 6. The average molecular weight is 458 g/mol. The number of nitrogens with one attached hydrogen (secondary N) is 2. The van der Waals surface area contributed by atoms with Gasteiger partial charge in [0.1, 0.15) is 17.5 Å². The summed E-state index contributed by atoms with van der Waals surface area (Å²) in [5, 5.41) is 6.07. The molecule has 1 saturated heterocycles. The van der Waals surface area contributed by atoms with Gasteiger partial charge in [-0.1, -0.05) is 57.7 Å². The van der Waals surface area contributed by atoms with E-state index in [1.54, 1.807) is 16.7 Å². The van der Waals surface area contributed by atoms with E-state index in [0.29, 0.717) is 5.56 Å². The molecule has 7 heteroatoms. The van der Waals surface area contributed by atoms with Crippen molar-refractivity contribution in [2.24, 2.45) is 5.92 Å². The minimum atomic E-state index is -0.633. The Labute approximate surface area is 195 Å². The third-order valence-electron chi connectivity index (χ3n) is 7.29. The number of hydrogen-bond donors (Lipinski definition) is 2. The quantitative estimate of drug-likeness (QED) is 0.676. The summed E-state index contributed by atoms with van der Waals surface area (Å²) in [6.07, 6.45) is 6.28. The first-order chi connectivity index (χ1) is 15.2. The summed E-state index contributed by atoms with van der Waals surface area (Å²) in [5.74, 6) is -0.441. The molecule has 2 heterocycles. The van der Waals surface area contributed by atoms with E-state index in [9.17, 15) is 14.4 Å². The summed E-state index contributed by atoms with van der Waals surface area (Å²) < 4.78 is -0.461. The van der Waals surface area contributed by atoms with Crippen LogP contribution in [0.3, 0.4) is 0 Å². The van der Waals surface area contributed by atoms with E-state index in [0.717, 1.165) is 37.7 Å². The first-order valence-electron chi connectivity index (χ1n) is 11.9. The van der Waals surface area contributed by atoms with Crippen molar-refractivity contribution in [1.29, 1.82) is 0 Å². The number of nitrogens with zero attached hydrogens (tertiary/aromatic N) is 1. The zero-order chi connectivity index (χ0) is 23.0. The van der Waals surface area contributed by atoms with Crippen LogP contribution in [0, 0.1) is 5.92 Å². The molecule has 3 aliphatic rings. The van der Waals surface area contributed by atoms with Crippen molar-refractivity contribution in [3.05, 3.63) is 35.4 Å². The number of thioether (sulfide) groups is 1. The third-order valence-corrected chi connectivity index (χ3v) is 8.82. The van der Waals surface area contributed by atoms with Crippen LogP contribution in [-0.4, -0.2) is 45.5 Å². The normalized spacial score (nSPS) is 26.2. The van der Waals surface area contributed by atoms with Gasteiger partial charge in [-0.05, 0) is 44.2 Å². The van der Waals surface area contributed by atoms with Crippen molar-refractivity contribution in [3.8, 4) is 0 Å². The monoisotopic (exact) mass is 457 g/mol. The van der Waals surface area contributed by atoms with Gasteiger partial charge in [-0.3, -0.25) is 14.4 Å². The molecule has 0 aromatic heterocycles. The molecule has 3 amide bonds. The van der Waals surface area contributed by atoms with E-state index in [1.807, 2.05) is 52.0 Å². The van der Waals surface area contributed by atoms with Gasteiger partial charge in [-0.15, -0.1) is 11.8 Å². The SMILES string of the molecule is CC[C@@H](C)[C@H](NC(=O)[C@@H]1N2C(=O)c3ccccc3[C@@H]2SC1(C)C)C(=O)NC1CCCCC1. The van der Waals surface area contributed by atoms with Crippen molar-refractivity contribution < 1.29 is 14.4 Å². The Hall–Kier alpha value is -2.02. The van der Waals surface area contributed by atoms with E-state index < -0.39 is 16.8 Å². The molecule has 0 bridgehead atoms. The number of benzene rings is 1. The minimum absolute atomic E-state index is 0.00184. The zero-order valence-corrected chi connectivity index (χ0v) is 20.3. The van der Waals surface area contributed by atoms with E-state index in [4.69, 9.17) is 0 Å². The largest absolute Gasteiger partial charge is 0.352 e. The highest BCUT2D eigenvalue weighted by Gasteiger charge is 2.57. The lowest BCUT2D eigenvalue weighted by Crippen LogP contribution is -2.59. The molecule has 2 fully saturated rings. The summed E-state index contributed by atoms with van der Waals surface area (Å²) in [4.78, 5) is 41.7. The van der Waals surface area contributed by atoms with Crippen LogP contribution in [0.1, 0.15) is 87.5 Å². The first kappa shape index (κ1) is 23.1. The summed E-state index contributed by atoms with van der Waals surface area (Å²) in [7, 11) is 0. The molecule has 1 saturated carbocycles. The Kier molecular flexibility index (Phi) is 6.57. The van der Waals surface area contributed by atoms with Crippen LogP contribution in [0.2, 0.25) is 0 Å². The van der Waals surface area contributed by atoms with Gasteiger partial charge in [0, 0.05) is 16.4 Å². The summed E-state index contributed by atoms with van der Waals surface area (Å²) in [6.45, 7) is 8.05. The van der Waals surface area contributed by atoms with Crippen molar-refractivity contribution in [2.75, 3.05) is 0 Å². The van der Waals surface area contributed by atoms with Crippen LogP contribution in [0.4, 0.5) is 0 Å². The topological polar surface area (TPSA) is 78.5 Å². The molecule has 4 rings (SSSR count). The fourth-order valence-electron chi connectivity index (χ4n) is 5.28. The summed E-state index contributed by atoms with van der Waals surface area (Å²) in [5.41, 5.74) is 1.64. The number of hydrogen-bond acceptors (Lipinski definition) is 4. The van der Waals surface area contributed by atoms with Crippen molar-refractivity contribution in [1.82, 2.24) is 15.5 Å². The van der Waals surface area contributed by atoms with Crippen LogP contribution in [0.25, 0.3) is 0 Å². The highest BCUT2D eigenvalue weighted by molar-refractivity contribution is 8.01. The van der Waals surface area contributed by atoms with Gasteiger partial charge in [0.25, 0.3) is 5.91 Å². The Balaban J connectivity index is 1.53. The third kappa shape index (κ3) is 4.16. The lowest BCUT2D eigenvalue weighted by Gasteiger charge is -2.33. The molecule has 1 aromatic rings. The molecule has 32 heavy (non-hydrogen) atoms. The number of carbonyl (C=O) groups excluding carboxylic acids is 3. The van der Waals surface area contributed by atoms with Crippen LogP contribution in [0.5, 0.6) is 0 Å². The second-order valence-corrected chi connectivity index (χ2v) is 11.7. The highest BCUT2D eigenvalue weighted by atomic mass is 32.2. The Bertz CT molecular complexity index is 896. The van der Waals surface area contributed by atoms with Gasteiger partial charge in [-0.2, -0.15) is 0 Å². The van der Waals surface area contributed by atoms with Crippen molar-refractivity contribution in [3.63, 3.8) is 0 Å². The molecule has 174 valence electrons. The molecular weight excluding hydrogens is 422 g/mol. The number of carbonyl (C=O) groups is 3. The van der Waals surface area contributed by atoms with Crippen LogP contribution in [-0.2, 0) is 9.59 Å². The molecule has 2 aliphatic heterocycles. The second kappa shape index (κ2) is 9.08.